The van der Waals surface area contributed by atoms with Crippen molar-refractivity contribution in [2.75, 3.05) is 13.2 Å². The highest BCUT2D eigenvalue weighted by molar-refractivity contribution is 5.35. The van der Waals surface area contributed by atoms with Gasteiger partial charge in [0, 0.05) is 12.5 Å². The number of aromatic nitrogens is 2. The van der Waals surface area contributed by atoms with Crippen LogP contribution in [-0.2, 0) is 4.74 Å². The molecule has 0 unspecified atom stereocenters. The van der Waals surface area contributed by atoms with Gasteiger partial charge >= 0.3 is 5.69 Å². The Morgan fingerprint density at radius 1 is 1.77 bits per heavy atom. The fraction of sp³-hybridized carbons (Fsp3) is 0.571. The number of H-pyrrole nitrogens is 1. The third-order valence-corrected chi connectivity index (χ3v) is 2.16. The summed E-state index contributed by atoms with van der Waals surface area (Å²) in [6.07, 6.45) is 2.12. The lowest BCUT2D eigenvalue weighted by molar-refractivity contribution is -0.385. The third kappa shape index (κ3) is 1.40. The highest BCUT2D eigenvalue weighted by atomic mass is 16.6. The Balaban J connectivity index is 2.28. The SMILES string of the molecule is O=[N+]([O-])c1c[nH]nc1[C@H]1CCOC1. The Bertz CT molecular complexity index is 317. The Kier molecular flexibility index (Phi) is 1.97. The summed E-state index contributed by atoms with van der Waals surface area (Å²) in [5.74, 6) is 0.0756. The minimum Gasteiger partial charge on any atom is -0.381 e. The smallest absolute Gasteiger partial charge is 0.310 e. The van der Waals surface area contributed by atoms with Crippen molar-refractivity contribution in [1.82, 2.24) is 10.2 Å². The fourth-order valence-corrected chi connectivity index (χ4v) is 1.49. The molecule has 70 valence electrons. The summed E-state index contributed by atoms with van der Waals surface area (Å²) in [4.78, 5) is 10.1. The molecule has 6 heteroatoms. The van der Waals surface area contributed by atoms with Gasteiger partial charge in [0.15, 0.2) is 0 Å². The number of nitrogens with one attached hydrogen (secondary N) is 1. The van der Waals surface area contributed by atoms with E-state index in [2.05, 4.69) is 10.2 Å². The lowest BCUT2D eigenvalue weighted by atomic mass is 10.0. The predicted molar refractivity (Wildman–Crippen MR) is 43.4 cm³/mol. The van der Waals surface area contributed by atoms with Crippen LogP contribution in [0.25, 0.3) is 0 Å². The maximum absolute atomic E-state index is 10.5. The Hall–Kier alpha value is -1.43. The second-order valence-corrected chi connectivity index (χ2v) is 2.97. The zero-order valence-corrected chi connectivity index (χ0v) is 6.90. The summed E-state index contributed by atoms with van der Waals surface area (Å²) >= 11 is 0. The third-order valence-electron chi connectivity index (χ3n) is 2.16. The van der Waals surface area contributed by atoms with Gasteiger partial charge in [-0.1, -0.05) is 0 Å². The van der Waals surface area contributed by atoms with Crippen molar-refractivity contribution in [2.45, 2.75) is 12.3 Å². The average Bonchev–Trinajstić information content (AvgIpc) is 2.74. The van der Waals surface area contributed by atoms with E-state index in [1.54, 1.807) is 0 Å². The quantitative estimate of drug-likeness (QED) is 0.543. The molecule has 2 rings (SSSR count). The van der Waals surface area contributed by atoms with E-state index >= 15 is 0 Å². The van der Waals surface area contributed by atoms with Crippen LogP contribution >= 0.6 is 0 Å². The summed E-state index contributed by atoms with van der Waals surface area (Å²) in [7, 11) is 0. The first kappa shape index (κ1) is 8.18. The number of nitrogens with zero attached hydrogens (tertiary/aromatic N) is 2. The molecule has 1 atom stereocenters. The molecule has 0 aromatic carbocycles. The van der Waals surface area contributed by atoms with Crippen LogP contribution in [0.4, 0.5) is 5.69 Å². The highest BCUT2D eigenvalue weighted by Crippen LogP contribution is 2.29. The highest BCUT2D eigenvalue weighted by Gasteiger charge is 2.28. The van der Waals surface area contributed by atoms with E-state index in [-0.39, 0.29) is 11.6 Å². The summed E-state index contributed by atoms with van der Waals surface area (Å²) in [5.41, 5.74) is 0.581. The first-order valence-corrected chi connectivity index (χ1v) is 4.05. The number of hydrogen-bond acceptors (Lipinski definition) is 4. The van der Waals surface area contributed by atoms with Crippen LogP contribution in [0.5, 0.6) is 0 Å². The molecule has 1 fully saturated rings. The molecule has 0 amide bonds. The Morgan fingerprint density at radius 2 is 2.62 bits per heavy atom. The summed E-state index contributed by atoms with van der Waals surface area (Å²) in [6.45, 7) is 1.19. The fourth-order valence-electron chi connectivity index (χ4n) is 1.49. The van der Waals surface area contributed by atoms with E-state index in [0.717, 1.165) is 6.42 Å². The molecule has 0 aliphatic carbocycles. The number of nitro groups is 1. The molecule has 1 aliphatic heterocycles. The topological polar surface area (TPSA) is 81.0 Å². The minimum atomic E-state index is -0.419. The van der Waals surface area contributed by atoms with Crippen molar-refractivity contribution in [3.05, 3.63) is 22.0 Å². The van der Waals surface area contributed by atoms with E-state index in [0.29, 0.717) is 18.9 Å². The van der Waals surface area contributed by atoms with Crippen LogP contribution in [-0.4, -0.2) is 28.3 Å². The zero-order valence-electron chi connectivity index (χ0n) is 6.90. The van der Waals surface area contributed by atoms with Crippen molar-refractivity contribution in [1.29, 1.82) is 0 Å². The molecule has 1 aromatic rings. The van der Waals surface area contributed by atoms with Gasteiger partial charge in [-0.25, -0.2) is 0 Å². The lowest BCUT2D eigenvalue weighted by Gasteiger charge is -2.00. The molecule has 1 N–H and O–H groups in total. The van der Waals surface area contributed by atoms with Gasteiger partial charge in [0.05, 0.1) is 17.7 Å². The molecule has 1 aromatic heterocycles. The van der Waals surface area contributed by atoms with Crippen LogP contribution in [0.3, 0.4) is 0 Å². The van der Waals surface area contributed by atoms with Gasteiger partial charge in [-0.15, -0.1) is 0 Å². The van der Waals surface area contributed by atoms with Gasteiger partial charge < -0.3 is 4.74 Å². The molecule has 1 saturated heterocycles. The number of ether oxygens (including phenoxy) is 1. The standard InChI is InChI=1S/C7H9N3O3/c11-10(12)6-3-8-9-7(6)5-1-2-13-4-5/h3,5H,1-2,4H2,(H,8,9)/t5-/m0/s1. The maximum Gasteiger partial charge on any atom is 0.310 e. The van der Waals surface area contributed by atoms with Crippen LogP contribution in [0.1, 0.15) is 18.0 Å². The predicted octanol–water partition coefficient (Wildman–Crippen LogP) is 0.822. The summed E-state index contributed by atoms with van der Waals surface area (Å²) < 4.78 is 5.14. The second-order valence-electron chi connectivity index (χ2n) is 2.97. The van der Waals surface area contributed by atoms with E-state index in [4.69, 9.17) is 4.74 Å². The van der Waals surface area contributed by atoms with Crippen molar-refractivity contribution >= 4 is 5.69 Å². The van der Waals surface area contributed by atoms with E-state index in [9.17, 15) is 10.1 Å². The summed E-state index contributed by atoms with van der Waals surface area (Å²) in [5, 5.41) is 16.9. The molecular weight excluding hydrogens is 174 g/mol. The van der Waals surface area contributed by atoms with Gasteiger partial charge in [-0.05, 0) is 6.42 Å². The molecule has 0 bridgehead atoms. The van der Waals surface area contributed by atoms with E-state index < -0.39 is 4.92 Å². The molecule has 13 heavy (non-hydrogen) atoms. The van der Waals surface area contributed by atoms with Crippen molar-refractivity contribution < 1.29 is 9.66 Å². The molecule has 0 saturated carbocycles. The van der Waals surface area contributed by atoms with Crippen molar-refractivity contribution in [3.63, 3.8) is 0 Å². The molecule has 0 spiro atoms. The molecule has 1 aliphatic rings. The molecular formula is C7H9N3O3. The minimum absolute atomic E-state index is 0.0653. The molecule has 2 heterocycles. The van der Waals surface area contributed by atoms with Gasteiger partial charge in [0.2, 0.25) is 0 Å². The largest absolute Gasteiger partial charge is 0.381 e. The van der Waals surface area contributed by atoms with E-state index in [1.807, 2.05) is 0 Å². The van der Waals surface area contributed by atoms with Gasteiger partial charge in [0.25, 0.3) is 0 Å². The number of hydrogen-bond donors (Lipinski definition) is 1. The zero-order chi connectivity index (χ0) is 9.26. The van der Waals surface area contributed by atoms with Crippen molar-refractivity contribution in [3.8, 4) is 0 Å². The molecule has 6 nitrogen and oxygen atoms in total. The average molecular weight is 183 g/mol. The number of aromatic amines is 1. The Morgan fingerprint density at radius 3 is 3.23 bits per heavy atom. The Labute approximate surface area is 74.0 Å². The van der Waals surface area contributed by atoms with Gasteiger partial charge in [-0.2, -0.15) is 5.10 Å². The van der Waals surface area contributed by atoms with Crippen LogP contribution in [0.2, 0.25) is 0 Å². The van der Waals surface area contributed by atoms with Crippen LogP contribution in [0.15, 0.2) is 6.20 Å². The van der Waals surface area contributed by atoms with Gasteiger partial charge in [-0.3, -0.25) is 15.2 Å². The lowest BCUT2D eigenvalue weighted by Crippen LogP contribution is -2.01. The monoisotopic (exact) mass is 183 g/mol. The van der Waals surface area contributed by atoms with Crippen LogP contribution in [0, 0.1) is 10.1 Å². The van der Waals surface area contributed by atoms with Crippen molar-refractivity contribution in [2.24, 2.45) is 0 Å². The first-order chi connectivity index (χ1) is 6.29. The van der Waals surface area contributed by atoms with Gasteiger partial charge in [0.1, 0.15) is 5.69 Å². The number of rotatable bonds is 2. The second kappa shape index (κ2) is 3.14. The molecule has 0 radical (unpaired) electrons. The van der Waals surface area contributed by atoms with Crippen LogP contribution < -0.4 is 0 Å². The summed E-state index contributed by atoms with van der Waals surface area (Å²) in [6, 6.07) is 0. The van der Waals surface area contributed by atoms with E-state index in [1.165, 1.54) is 6.20 Å². The first-order valence-electron chi connectivity index (χ1n) is 4.05. The maximum atomic E-state index is 10.5. The normalized spacial score (nSPS) is 22.0.